The summed E-state index contributed by atoms with van der Waals surface area (Å²) in [5, 5.41) is 8.16. The summed E-state index contributed by atoms with van der Waals surface area (Å²) in [6.07, 6.45) is 4.55. The highest BCUT2D eigenvalue weighted by molar-refractivity contribution is 5.94. The summed E-state index contributed by atoms with van der Waals surface area (Å²) in [5.74, 6) is 1.80. The molecular formula is C17H22N4O2. The molecule has 1 aliphatic rings. The second-order valence-electron chi connectivity index (χ2n) is 5.76. The summed E-state index contributed by atoms with van der Waals surface area (Å²) in [5.41, 5.74) is 0.682. The number of hydrogen-bond donors (Lipinski definition) is 0. The van der Waals surface area contributed by atoms with Gasteiger partial charge in [0.05, 0.1) is 7.11 Å². The van der Waals surface area contributed by atoms with Crippen molar-refractivity contribution < 1.29 is 9.53 Å². The molecular weight excluding hydrogens is 292 g/mol. The van der Waals surface area contributed by atoms with Crippen molar-refractivity contribution in [1.82, 2.24) is 19.7 Å². The monoisotopic (exact) mass is 314 g/mol. The van der Waals surface area contributed by atoms with Crippen molar-refractivity contribution >= 4 is 5.91 Å². The number of carbonyl (C=O) groups is 1. The first-order valence-electron chi connectivity index (χ1n) is 8.04. The standard InChI is InChI=1S/C17H22N4O2/c1-3-16-19-18-12-21(16)14-7-9-20(10-8-14)17(22)13-5-4-6-15(11-13)23-2/h4-6,11-12,14H,3,7-10H2,1-2H3. The van der Waals surface area contributed by atoms with Crippen LogP contribution in [0.15, 0.2) is 30.6 Å². The fourth-order valence-electron chi connectivity index (χ4n) is 3.11. The first kappa shape index (κ1) is 15.5. The van der Waals surface area contributed by atoms with E-state index in [-0.39, 0.29) is 5.91 Å². The third-order valence-corrected chi connectivity index (χ3v) is 4.43. The van der Waals surface area contributed by atoms with Crippen LogP contribution in [0.1, 0.15) is 42.0 Å². The third-order valence-electron chi connectivity index (χ3n) is 4.43. The van der Waals surface area contributed by atoms with Gasteiger partial charge in [-0.05, 0) is 31.0 Å². The van der Waals surface area contributed by atoms with Crippen molar-refractivity contribution in [3.63, 3.8) is 0 Å². The number of ether oxygens (including phenoxy) is 1. The average molecular weight is 314 g/mol. The molecule has 0 unspecified atom stereocenters. The molecule has 0 saturated carbocycles. The van der Waals surface area contributed by atoms with Crippen LogP contribution >= 0.6 is 0 Å². The van der Waals surface area contributed by atoms with Gasteiger partial charge in [0.2, 0.25) is 0 Å². The Morgan fingerprint density at radius 2 is 2.13 bits per heavy atom. The summed E-state index contributed by atoms with van der Waals surface area (Å²) in [4.78, 5) is 14.5. The molecule has 0 bridgehead atoms. The van der Waals surface area contributed by atoms with Gasteiger partial charge in [-0.3, -0.25) is 4.79 Å². The van der Waals surface area contributed by atoms with E-state index in [1.807, 2.05) is 29.4 Å². The topological polar surface area (TPSA) is 60.2 Å². The summed E-state index contributed by atoms with van der Waals surface area (Å²) in [7, 11) is 1.61. The molecule has 1 fully saturated rings. The number of piperidine rings is 1. The summed E-state index contributed by atoms with van der Waals surface area (Å²) in [6.45, 7) is 3.59. The van der Waals surface area contributed by atoms with E-state index in [1.165, 1.54) is 0 Å². The molecule has 2 aromatic rings. The summed E-state index contributed by atoms with van der Waals surface area (Å²) >= 11 is 0. The highest BCUT2D eigenvalue weighted by Crippen LogP contribution is 2.25. The molecule has 0 N–H and O–H groups in total. The van der Waals surface area contributed by atoms with Gasteiger partial charge in [-0.15, -0.1) is 10.2 Å². The number of aryl methyl sites for hydroxylation is 1. The Morgan fingerprint density at radius 1 is 1.35 bits per heavy atom. The van der Waals surface area contributed by atoms with Gasteiger partial charge in [-0.2, -0.15) is 0 Å². The van der Waals surface area contributed by atoms with Crippen LogP contribution in [0.25, 0.3) is 0 Å². The Balaban J connectivity index is 1.65. The molecule has 1 aromatic heterocycles. The lowest BCUT2D eigenvalue weighted by atomic mass is 10.0. The van der Waals surface area contributed by atoms with E-state index in [0.29, 0.717) is 17.4 Å². The maximum Gasteiger partial charge on any atom is 0.253 e. The first-order chi connectivity index (χ1) is 11.2. The van der Waals surface area contributed by atoms with Crippen molar-refractivity contribution in [2.75, 3.05) is 20.2 Å². The molecule has 0 spiro atoms. The second kappa shape index (κ2) is 6.81. The number of likely N-dealkylation sites (tertiary alicyclic amines) is 1. The van der Waals surface area contributed by atoms with Crippen LogP contribution in [-0.2, 0) is 6.42 Å². The summed E-state index contributed by atoms with van der Waals surface area (Å²) < 4.78 is 7.36. The van der Waals surface area contributed by atoms with Crippen LogP contribution in [0.3, 0.4) is 0 Å². The number of aromatic nitrogens is 3. The van der Waals surface area contributed by atoms with Gasteiger partial charge >= 0.3 is 0 Å². The molecule has 0 atom stereocenters. The van der Waals surface area contributed by atoms with Gasteiger partial charge < -0.3 is 14.2 Å². The molecule has 1 amide bonds. The molecule has 6 heteroatoms. The Bertz CT molecular complexity index is 675. The molecule has 1 aromatic carbocycles. The van der Waals surface area contributed by atoms with Crippen molar-refractivity contribution in [3.8, 4) is 5.75 Å². The molecule has 2 heterocycles. The Labute approximate surface area is 136 Å². The zero-order valence-electron chi connectivity index (χ0n) is 13.6. The average Bonchev–Trinajstić information content (AvgIpc) is 3.10. The van der Waals surface area contributed by atoms with Gasteiger partial charge in [-0.1, -0.05) is 13.0 Å². The van der Waals surface area contributed by atoms with Crippen molar-refractivity contribution in [2.45, 2.75) is 32.2 Å². The molecule has 0 aliphatic carbocycles. The van der Waals surface area contributed by atoms with Crippen LogP contribution in [0.5, 0.6) is 5.75 Å². The number of benzene rings is 1. The number of amides is 1. The minimum atomic E-state index is 0.0711. The van der Waals surface area contributed by atoms with Gasteiger partial charge in [0.25, 0.3) is 5.91 Å². The van der Waals surface area contributed by atoms with Crippen molar-refractivity contribution in [3.05, 3.63) is 42.0 Å². The van der Waals surface area contributed by atoms with E-state index >= 15 is 0 Å². The number of methoxy groups -OCH3 is 1. The van der Waals surface area contributed by atoms with Crippen molar-refractivity contribution in [2.24, 2.45) is 0 Å². The second-order valence-corrected chi connectivity index (χ2v) is 5.76. The number of hydrogen-bond acceptors (Lipinski definition) is 4. The minimum Gasteiger partial charge on any atom is -0.497 e. The molecule has 1 saturated heterocycles. The maximum absolute atomic E-state index is 12.6. The van der Waals surface area contributed by atoms with Crippen molar-refractivity contribution in [1.29, 1.82) is 0 Å². The van der Waals surface area contributed by atoms with Gasteiger partial charge in [0.15, 0.2) is 0 Å². The molecule has 3 rings (SSSR count). The lowest BCUT2D eigenvalue weighted by Gasteiger charge is -2.33. The Kier molecular flexibility index (Phi) is 4.60. The van der Waals surface area contributed by atoms with E-state index in [1.54, 1.807) is 13.2 Å². The lowest BCUT2D eigenvalue weighted by molar-refractivity contribution is 0.0693. The van der Waals surface area contributed by atoms with E-state index in [0.717, 1.165) is 38.2 Å². The quantitative estimate of drug-likeness (QED) is 0.869. The molecule has 6 nitrogen and oxygen atoms in total. The number of rotatable bonds is 4. The van der Waals surface area contributed by atoms with E-state index in [4.69, 9.17) is 4.74 Å². The maximum atomic E-state index is 12.6. The van der Waals surface area contributed by atoms with Crippen LogP contribution in [0.4, 0.5) is 0 Å². The Morgan fingerprint density at radius 3 is 2.83 bits per heavy atom. The predicted molar refractivity (Wildman–Crippen MR) is 86.6 cm³/mol. The SMILES string of the molecule is CCc1nncn1C1CCN(C(=O)c2cccc(OC)c2)CC1. The van der Waals surface area contributed by atoms with E-state index in [2.05, 4.69) is 21.7 Å². The molecule has 1 aliphatic heterocycles. The number of nitrogens with zero attached hydrogens (tertiary/aromatic N) is 4. The van der Waals surface area contributed by atoms with Gasteiger partial charge in [-0.25, -0.2) is 0 Å². The van der Waals surface area contributed by atoms with Gasteiger partial charge in [0.1, 0.15) is 17.9 Å². The van der Waals surface area contributed by atoms with Crippen LogP contribution < -0.4 is 4.74 Å². The zero-order chi connectivity index (χ0) is 16.2. The normalized spacial score (nSPS) is 15.7. The zero-order valence-corrected chi connectivity index (χ0v) is 13.6. The largest absolute Gasteiger partial charge is 0.497 e. The highest BCUT2D eigenvalue weighted by Gasteiger charge is 2.25. The van der Waals surface area contributed by atoms with Crippen LogP contribution in [0.2, 0.25) is 0 Å². The number of carbonyl (C=O) groups excluding carboxylic acids is 1. The minimum absolute atomic E-state index is 0.0711. The van der Waals surface area contributed by atoms with E-state index < -0.39 is 0 Å². The molecule has 122 valence electrons. The van der Waals surface area contributed by atoms with Crippen LogP contribution in [-0.4, -0.2) is 45.8 Å². The smallest absolute Gasteiger partial charge is 0.253 e. The van der Waals surface area contributed by atoms with Crippen LogP contribution in [0, 0.1) is 0 Å². The van der Waals surface area contributed by atoms with Gasteiger partial charge in [0, 0.05) is 31.1 Å². The molecule has 0 radical (unpaired) electrons. The third kappa shape index (κ3) is 3.21. The van der Waals surface area contributed by atoms with E-state index in [9.17, 15) is 4.79 Å². The fourth-order valence-corrected chi connectivity index (χ4v) is 3.11. The highest BCUT2D eigenvalue weighted by atomic mass is 16.5. The lowest BCUT2D eigenvalue weighted by Crippen LogP contribution is -2.39. The first-order valence-corrected chi connectivity index (χ1v) is 8.04. The molecule has 23 heavy (non-hydrogen) atoms. The predicted octanol–water partition coefficient (Wildman–Crippen LogP) is 2.33. The fraction of sp³-hybridized carbons (Fsp3) is 0.471. The summed E-state index contributed by atoms with van der Waals surface area (Å²) in [6, 6.07) is 7.72. The Hall–Kier alpha value is -2.37.